The summed E-state index contributed by atoms with van der Waals surface area (Å²) >= 11 is 0. The average Bonchev–Trinajstić information content (AvgIpc) is 3.50. The highest BCUT2D eigenvalue weighted by atomic mass is 19.1. The van der Waals surface area contributed by atoms with Gasteiger partial charge in [0.15, 0.2) is 5.75 Å². The van der Waals surface area contributed by atoms with Gasteiger partial charge >= 0.3 is 0 Å². The van der Waals surface area contributed by atoms with Crippen LogP contribution in [0.25, 0.3) is 0 Å². The van der Waals surface area contributed by atoms with Gasteiger partial charge in [0.25, 0.3) is 0 Å². The number of aryl methyl sites for hydroxylation is 2. The number of hydrogen-bond donors (Lipinski definition) is 1. The van der Waals surface area contributed by atoms with E-state index in [9.17, 15) is 9.18 Å². The maximum Gasteiger partial charge on any atom is 0.229 e. The Labute approximate surface area is 174 Å². The Balaban J connectivity index is 1.58. The zero-order valence-electron chi connectivity index (χ0n) is 16.9. The quantitative estimate of drug-likeness (QED) is 0.645. The van der Waals surface area contributed by atoms with Crippen LogP contribution in [0.2, 0.25) is 0 Å². The smallest absolute Gasteiger partial charge is 0.229 e. The molecule has 0 aliphatic heterocycles. The number of halogens is 1. The van der Waals surface area contributed by atoms with E-state index in [-0.39, 0.29) is 24.2 Å². The molecule has 2 atom stereocenters. The molecular weight excluding hydrogens is 383 g/mol. The van der Waals surface area contributed by atoms with E-state index in [0.717, 1.165) is 11.3 Å². The molecule has 1 saturated carbocycles. The average molecular weight is 406 g/mol. The fourth-order valence-corrected chi connectivity index (χ4v) is 3.75. The van der Waals surface area contributed by atoms with Gasteiger partial charge < -0.3 is 10.1 Å². The number of benzene rings is 1. The molecule has 2 heterocycles. The predicted molar refractivity (Wildman–Crippen MR) is 111 cm³/mol. The number of anilines is 1. The summed E-state index contributed by atoms with van der Waals surface area (Å²) in [6.45, 7) is 4.06. The fraction of sp³-hybridized carbons (Fsp3) is 0.304. The molecule has 1 aliphatic rings. The number of amides is 1. The third-order valence-electron chi connectivity index (χ3n) is 5.48. The molecular formula is C23H23FN4O2. The van der Waals surface area contributed by atoms with Gasteiger partial charge in [0.2, 0.25) is 5.91 Å². The number of ether oxygens (including phenoxy) is 1. The van der Waals surface area contributed by atoms with Crippen molar-refractivity contribution in [2.24, 2.45) is 5.92 Å². The lowest BCUT2D eigenvalue weighted by molar-refractivity contribution is -0.117. The molecule has 6 nitrogen and oxygen atoms in total. The first-order chi connectivity index (χ1) is 14.5. The molecule has 1 aliphatic carbocycles. The third-order valence-corrected chi connectivity index (χ3v) is 5.48. The fourth-order valence-electron chi connectivity index (χ4n) is 3.75. The predicted octanol–water partition coefficient (Wildman–Crippen LogP) is 3.86. The standard InChI is InChI=1S/C23H23FN4O2/c1-3-19-20(13-26-15(2)27-19)30-14-23(16-7-6-8-17(24)11-16)12-18(23)22(29)28-21-9-4-5-10-25-21/h4-11,13,18H,3,12,14H2,1-2H3,(H,25,28,29)/t18-,23+/m0/s1. The number of rotatable bonds is 7. The van der Waals surface area contributed by atoms with E-state index in [4.69, 9.17) is 4.74 Å². The van der Waals surface area contributed by atoms with Crippen LogP contribution in [0.3, 0.4) is 0 Å². The van der Waals surface area contributed by atoms with E-state index >= 15 is 0 Å². The van der Waals surface area contributed by atoms with Crippen LogP contribution in [0.1, 0.15) is 30.4 Å². The van der Waals surface area contributed by atoms with E-state index in [0.29, 0.717) is 30.2 Å². The van der Waals surface area contributed by atoms with E-state index in [1.807, 2.05) is 26.0 Å². The van der Waals surface area contributed by atoms with Crippen LogP contribution < -0.4 is 10.1 Å². The first-order valence-corrected chi connectivity index (χ1v) is 9.95. The molecule has 1 amide bonds. The number of carbonyl (C=O) groups excluding carboxylic acids is 1. The summed E-state index contributed by atoms with van der Waals surface area (Å²) in [7, 11) is 0. The maximum absolute atomic E-state index is 14.0. The van der Waals surface area contributed by atoms with Crippen LogP contribution in [0.4, 0.5) is 10.2 Å². The van der Waals surface area contributed by atoms with Gasteiger partial charge in [-0.2, -0.15) is 0 Å². The summed E-state index contributed by atoms with van der Waals surface area (Å²) < 4.78 is 20.0. The van der Waals surface area contributed by atoms with Crippen molar-refractivity contribution in [3.8, 4) is 5.75 Å². The molecule has 0 radical (unpaired) electrons. The number of nitrogens with one attached hydrogen (secondary N) is 1. The highest BCUT2D eigenvalue weighted by Crippen LogP contribution is 2.55. The molecule has 0 bridgehead atoms. The van der Waals surface area contributed by atoms with Gasteiger partial charge in [0.05, 0.1) is 24.4 Å². The number of hydrogen-bond acceptors (Lipinski definition) is 5. The summed E-state index contributed by atoms with van der Waals surface area (Å²) in [5.41, 5.74) is 0.943. The van der Waals surface area contributed by atoms with Crippen molar-refractivity contribution >= 4 is 11.7 Å². The topological polar surface area (TPSA) is 77.0 Å². The van der Waals surface area contributed by atoms with Gasteiger partial charge in [0, 0.05) is 11.6 Å². The molecule has 0 unspecified atom stereocenters. The SMILES string of the molecule is CCc1nc(C)ncc1OC[C@@]1(c2cccc(F)c2)C[C@H]1C(=O)Nc1ccccn1. The van der Waals surface area contributed by atoms with Crippen LogP contribution in [-0.4, -0.2) is 27.5 Å². The molecule has 3 aromatic rings. The minimum absolute atomic E-state index is 0.155. The van der Waals surface area contributed by atoms with Gasteiger partial charge in [-0.05, 0) is 49.6 Å². The molecule has 154 valence electrons. The van der Waals surface area contributed by atoms with E-state index in [1.54, 1.807) is 30.6 Å². The Morgan fingerprint density at radius 3 is 2.87 bits per heavy atom. The largest absolute Gasteiger partial charge is 0.489 e. The number of pyridine rings is 1. The first kappa shape index (κ1) is 19.9. The van der Waals surface area contributed by atoms with Crippen molar-refractivity contribution in [2.75, 3.05) is 11.9 Å². The molecule has 4 rings (SSSR count). The Morgan fingerprint density at radius 2 is 2.13 bits per heavy atom. The lowest BCUT2D eigenvalue weighted by Gasteiger charge is -2.20. The minimum Gasteiger partial charge on any atom is -0.489 e. The number of aromatic nitrogens is 3. The molecule has 0 saturated heterocycles. The van der Waals surface area contributed by atoms with Crippen molar-refractivity contribution < 1.29 is 13.9 Å². The Hall–Kier alpha value is -3.35. The minimum atomic E-state index is -0.614. The van der Waals surface area contributed by atoms with Crippen LogP contribution in [0, 0.1) is 18.7 Å². The normalized spacial score (nSPS) is 19.9. The van der Waals surface area contributed by atoms with Crippen LogP contribution in [0.15, 0.2) is 54.9 Å². The number of carbonyl (C=O) groups is 1. The van der Waals surface area contributed by atoms with Gasteiger partial charge in [0.1, 0.15) is 17.5 Å². The lowest BCUT2D eigenvalue weighted by Crippen LogP contribution is -2.27. The summed E-state index contributed by atoms with van der Waals surface area (Å²) in [4.78, 5) is 25.7. The summed E-state index contributed by atoms with van der Waals surface area (Å²) in [5, 5.41) is 2.85. The second-order valence-electron chi connectivity index (χ2n) is 7.50. The Bertz CT molecular complexity index is 1060. The maximum atomic E-state index is 14.0. The second-order valence-corrected chi connectivity index (χ2v) is 7.50. The van der Waals surface area contributed by atoms with Crippen molar-refractivity contribution in [3.63, 3.8) is 0 Å². The van der Waals surface area contributed by atoms with Gasteiger partial charge in [-0.25, -0.2) is 19.3 Å². The van der Waals surface area contributed by atoms with Crippen molar-refractivity contribution in [2.45, 2.75) is 32.1 Å². The molecule has 1 fully saturated rings. The van der Waals surface area contributed by atoms with Gasteiger partial charge in [-0.1, -0.05) is 25.1 Å². The molecule has 1 aromatic carbocycles. The zero-order chi connectivity index (χ0) is 21.1. The highest BCUT2D eigenvalue weighted by Gasteiger charge is 2.60. The lowest BCUT2D eigenvalue weighted by atomic mass is 9.93. The van der Waals surface area contributed by atoms with Gasteiger partial charge in [-0.15, -0.1) is 0 Å². The molecule has 0 spiro atoms. The first-order valence-electron chi connectivity index (χ1n) is 9.95. The Kier molecular flexibility index (Phi) is 5.44. The zero-order valence-corrected chi connectivity index (χ0v) is 16.9. The van der Waals surface area contributed by atoms with Crippen molar-refractivity contribution in [1.82, 2.24) is 15.0 Å². The summed E-state index contributed by atoms with van der Waals surface area (Å²) in [6.07, 6.45) is 4.54. The second kappa shape index (κ2) is 8.18. The van der Waals surface area contributed by atoms with E-state index in [1.165, 1.54) is 12.1 Å². The molecule has 1 N–H and O–H groups in total. The monoisotopic (exact) mass is 406 g/mol. The van der Waals surface area contributed by atoms with Crippen LogP contribution in [-0.2, 0) is 16.6 Å². The summed E-state index contributed by atoms with van der Waals surface area (Å²) in [5.74, 6) is 0.919. The van der Waals surface area contributed by atoms with Crippen molar-refractivity contribution in [1.29, 1.82) is 0 Å². The van der Waals surface area contributed by atoms with E-state index < -0.39 is 5.41 Å². The van der Waals surface area contributed by atoms with Crippen LogP contribution in [0.5, 0.6) is 5.75 Å². The molecule has 30 heavy (non-hydrogen) atoms. The molecule has 2 aromatic heterocycles. The van der Waals surface area contributed by atoms with Crippen LogP contribution >= 0.6 is 0 Å². The molecule has 7 heteroatoms. The van der Waals surface area contributed by atoms with Crippen molar-refractivity contribution in [3.05, 3.63) is 77.8 Å². The van der Waals surface area contributed by atoms with E-state index in [2.05, 4.69) is 20.3 Å². The van der Waals surface area contributed by atoms with Gasteiger partial charge in [-0.3, -0.25) is 4.79 Å². The number of nitrogens with zero attached hydrogens (tertiary/aromatic N) is 3. The third kappa shape index (κ3) is 4.01. The highest BCUT2D eigenvalue weighted by molar-refractivity contribution is 5.95. The Morgan fingerprint density at radius 1 is 1.27 bits per heavy atom. The summed E-state index contributed by atoms with van der Waals surface area (Å²) in [6, 6.07) is 11.7.